The maximum absolute atomic E-state index is 12.5. The van der Waals surface area contributed by atoms with Crippen LogP contribution in [0.2, 0.25) is 0 Å². The van der Waals surface area contributed by atoms with E-state index in [9.17, 15) is 8.42 Å². The van der Waals surface area contributed by atoms with Gasteiger partial charge in [-0.1, -0.05) is 13.3 Å². The molecule has 0 aromatic carbocycles. The van der Waals surface area contributed by atoms with E-state index in [0.717, 1.165) is 18.7 Å². The van der Waals surface area contributed by atoms with Crippen LogP contribution in [0.1, 0.15) is 25.3 Å². The lowest BCUT2D eigenvalue weighted by atomic mass is 10.2. The minimum absolute atomic E-state index is 0.428. The summed E-state index contributed by atoms with van der Waals surface area (Å²) in [5.41, 5.74) is 0.560. The van der Waals surface area contributed by atoms with Gasteiger partial charge in [-0.3, -0.25) is 0 Å². The maximum Gasteiger partial charge on any atom is 0.281 e. The quantitative estimate of drug-likeness (QED) is 0.775. The van der Waals surface area contributed by atoms with Gasteiger partial charge in [-0.05, 0) is 18.6 Å². The van der Waals surface area contributed by atoms with E-state index in [0.29, 0.717) is 38.3 Å². The first-order valence-electron chi connectivity index (χ1n) is 7.81. The Balaban J connectivity index is 1.99. The number of piperazine rings is 1. The normalized spacial score (nSPS) is 16.5. The maximum atomic E-state index is 12.5. The molecule has 1 saturated heterocycles. The highest BCUT2D eigenvalue weighted by Crippen LogP contribution is 2.17. The van der Waals surface area contributed by atoms with E-state index in [1.807, 2.05) is 11.8 Å². The van der Waals surface area contributed by atoms with E-state index in [2.05, 4.69) is 11.1 Å². The third kappa shape index (κ3) is 4.19. The Morgan fingerprint density at radius 3 is 2.65 bits per heavy atom. The number of hydrogen-bond acceptors (Lipinski definition) is 5. The number of rotatable bonds is 6. The molecule has 1 fully saturated rings. The van der Waals surface area contributed by atoms with Crippen molar-refractivity contribution in [1.82, 2.24) is 13.6 Å². The summed E-state index contributed by atoms with van der Waals surface area (Å²) in [4.78, 5) is 6.28. The Kier molecular flexibility index (Phi) is 5.93. The summed E-state index contributed by atoms with van der Waals surface area (Å²) < 4.78 is 28.0. The first kappa shape index (κ1) is 17.7. The first-order chi connectivity index (χ1) is 11.0. The highest BCUT2D eigenvalue weighted by molar-refractivity contribution is 7.86. The van der Waals surface area contributed by atoms with Gasteiger partial charge in [0, 0.05) is 46.0 Å². The van der Waals surface area contributed by atoms with Gasteiger partial charge in [0.2, 0.25) is 0 Å². The lowest BCUT2D eigenvalue weighted by molar-refractivity contribution is 0.340. The van der Waals surface area contributed by atoms with Crippen LogP contribution in [-0.2, 0) is 10.2 Å². The topological polar surface area (TPSA) is 80.5 Å². The number of unbranched alkanes of at least 4 members (excludes halogenated alkanes) is 1. The van der Waals surface area contributed by atoms with Gasteiger partial charge in [-0.15, -0.1) is 0 Å². The number of pyridine rings is 1. The molecular weight excluding hydrogens is 314 g/mol. The van der Waals surface area contributed by atoms with Gasteiger partial charge in [0.25, 0.3) is 10.2 Å². The van der Waals surface area contributed by atoms with E-state index >= 15 is 0 Å². The Bertz CT molecular complexity index is 663. The van der Waals surface area contributed by atoms with Gasteiger partial charge >= 0.3 is 0 Å². The van der Waals surface area contributed by atoms with Crippen molar-refractivity contribution in [2.24, 2.45) is 0 Å². The number of nitriles is 1. The van der Waals surface area contributed by atoms with E-state index < -0.39 is 10.2 Å². The molecule has 1 aliphatic heterocycles. The molecule has 0 amide bonds. The minimum atomic E-state index is -3.39. The van der Waals surface area contributed by atoms with Crippen LogP contribution in [0, 0.1) is 11.3 Å². The molecule has 2 heterocycles. The summed E-state index contributed by atoms with van der Waals surface area (Å²) in [5.74, 6) is 0.723. The van der Waals surface area contributed by atoms with Gasteiger partial charge in [0.1, 0.15) is 5.82 Å². The smallest absolute Gasteiger partial charge is 0.281 e. The van der Waals surface area contributed by atoms with Crippen LogP contribution in [0.15, 0.2) is 18.3 Å². The predicted octanol–water partition coefficient (Wildman–Crippen LogP) is 1.05. The zero-order chi connectivity index (χ0) is 16.9. The van der Waals surface area contributed by atoms with Crippen LogP contribution in [0.25, 0.3) is 0 Å². The summed E-state index contributed by atoms with van der Waals surface area (Å²) in [6.07, 6.45) is 3.44. The molecule has 0 saturated carbocycles. The molecule has 1 aromatic heterocycles. The number of nitrogens with zero attached hydrogens (tertiary/aromatic N) is 5. The van der Waals surface area contributed by atoms with Crippen LogP contribution in [0.4, 0.5) is 5.82 Å². The average molecular weight is 337 g/mol. The molecule has 0 spiro atoms. The number of hydrogen-bond donors (Lipinski definition) is 0. The summed E-state index contributed by atoms with van der Waals surface area (Å²) in [7, 11) is -1.75. The van der Waals surface area contributed by atoms with Crippen molar-refractivity contribution in [2.45, 2.75) is 19.8 Å². The zero-order valence-corrected chi connectivity index (χ0v) is 14.5. The fourth-order valence-corrected chi connectivity index (χ4v) is 3.88. The van der Waals surface area contributed by atoms with Crippen molar-refractivity contribution >= 4 is 16.0 Å². The van der Waals surface area contributed by atoms with E-state index in [1.165, 1.54) is 8.61 Å². The van der Waals surface area contributed by atoms with E-state index in [4.69, 9.17) is 5.26 Å². The van der Waals surface area contributed by atoms with Crippen molar-refractivity contribution in [3.8, 4) is 6.07 Å². The molecule has 0 radical (unpaired) electrons. The van der Waals surface area contributed by atoms with E-state index in [1.54, 1.807) is 25.4 Å². The Morgan fingerprint density at radius 2 is 2.04 bits per heavy atom. The lowest BCUT2D eigenvalue weighted by Gasteiger charge is -2.36. The van der Waals surface area contributed by atoms with Crippen molar-refractivity contribution in [1.29, 1.82) is 5.26 Å². The van der Waals surface area contributed by atoms with Crippen LogP contribution in [0.3, 0.4) is 0 Å². The predicted molar refractivity (Wildman–Crippen MR) is 89.2 cm³/mol. The highest BCUT2D eigenvalue weighted by atomic mass is 32.2. The Hall–Kier alpha value is -1.69. The second-order valence-corrected chi connectivity index (χ2v) is 7.62. The second-order valence-electron chi connectivity index (χ2n) is 5.58. The summed E-state index contributed by atoms with van der Waals surface area (Å²) >= 11 is 0. The Labute approximate surface area is 138 Å². The van der Waals surface area contributed by atoms with Gasteiger partial charge < -0.3 is 4.90 Å². The van der Waals surface area contributed by atoms with Gasteiger partial charge in [-0.2, -0.15) is 22.3 Å². The molecule has 1 aliphatic rings. The number of anilines is 1. The van der Waals surface area contributed by atoms with Crippen LogP contribution >= 0.6 is 0 Å². The summed E-state index contributed by atoms with van der Waals surface area (Å²) in [6.45, 7) is 4.59. The van der Waals surface area contributed by atoms with Crippen LogP contribution in [-0.4, -0.2) is 61.8 Å². The summed E-state index contributed by atoms with van der Waals surface area (Å²) in [6, 6.07) is 5.49. The molecule has 2 rings (SSSR count). The fourth-order valence-electron chi connectivity index (χ4n) is 2.50. The SMILES string of the molecule is CCCCN(C)S(=O)(=O)N1CCN(c2cc(C#N)ccn2)CC1. The molecule has 23 heavy (non-hydrogen) atoms. The zero-order valence-electron chi connectivity index (χ0n) is 13.6. The molecule has 0 atom stereocenters. The van der Waals surface area contributed by atoms with Crippen LogP contribution < -0.4 is 4.90 Å². The van der Waals surface area contributed by atoms with Crippen molar-refractivity contribution in [2.75, 3.05) is 44.7 Å². The van der Waals surface area contributed by atoms with E-state index in [-0.39, 0.29) is 0 Å². The van der Waals surface area contributed by atoms with Crippen molar-refractivity contribution in [3.63, 3.8) is 0 Å². The highest BCUT2D eigenvalue weighted by Gasteiger charge is 2.30. The fraction of sp³-hybridized carbons (Fsp3) is 0.600. The Morgan fingerprint density at radius 1 is 1.35 bits per heavy atom. The molecule has 7 nitrogen and oxygen atoms in total. The van der Waals surface area contributed by atoms with Crippen molar-refractivity contribution in [3.05, 3.63) is 23.9 Å². The van der Waals surface area contributed by atoms with Gasteiger partial charge in [0.15, 0.2) is 0 Å². The third-order valence-electron chi connectivity index (χ3n) is 3.98. The molecule has 0 bridgehead atoms. The molecule has 1 aromatic rings. The monoisotopic (exact) mass is 337 g/mol. The number of aromatic nitrogens is 1. The third-order valence-corrected chi connectivity index (χ3v) is 5.97. The standard InChI is InChI=1S/C15H23N5O2S/c1-3-4-7-18(2)23(21,22)20-10-8-19(9-11-20)15-12-14(13-16)5-6-17-15/h5-6,12H,3-4,7-11H2,1-2H3. The molecule has 0 unspecified atom stereocenters. The molecule has 126 valence electrons. The van der Waals surface area contributed by atoms with Crippen LogP contribution in [0.5, 0.6) is 0 Å². The molecule has 0 N–H and O–H groups in total. The second kappa shape index (κ2) is 7.73. The summed E-state index contributed by atoms with van der Waals surface area (Å²) in [5, 5.41) is 8.95. The van der Waals surface area contributed by atoms with Crippen molar-refractivity contribution < 1.29 is 8.42 Å². The molecule has 0 aliphatic carbocycles. The van der Waals surface area contributed by atoms with Gasteiger partial charge in [0.05, 0.1) is 11.6 Å². The largest absolute Gasteiger partial charge is 0.354 e. The van der Waals surface area contributed by atoms with Gasteiger partial charge in [-0.25, -0.2) is 4.98 Å². The first-order valence-corrected chi connectivity index (χ1v) is 9.21. The minimum Gasteiger partial charge on any atom is -0.354 e. The molecule has 8 heteroatoms. The lowest BCUT2D eigenvalue weighted by Crippen LogP contribution is -2.52. The average Bonchev–Trinajstić information content (AvgIpc) is 2.59. The molecular formula is C15H23N5O2S.